The summed E-state index contributed by atoms with van der Waals surface area (Å²) in [5.41, 5.74) is 1.96. The standard InChI is InChI=1S/C23H23FO6/c1-14(2)22(26)28-12-11-21(25)30-20-10-7-17(13-19(20)24)16-5-8-18(9-6-16)29-23(27)15(3)4/h5-10,13,23,27H,1,3,11-12H2,2,4H3. The van der Waals surface area contributed by atoms with Crippen LogP contribution >= 0.6 is 0 Å². The minimum Gasteiger partial charge on any atom is -0.462 e. The van der Waals surface area contributed by atoms with Gasteiger partial charge in [-0.25, -0.2) is 9.18 Å². The molecule has 0 radical (unpaired) electrons. The van der Waals surface area contributed by atoms with E-state index in [1.807, 2.05) is 0 Å². The highest BCUT2D eigenvalue weighted by atomic mass is 19.1. The van der Waals surface area contributed by atoms with Crippen LogP contribution in [0.25, 0.3) is 11.1 Å². The molecule has 1 unspecified atom stereocenters. The van der Waals surface area contributed by atoms with Crippen LogP contribution in [-0.2, 0) is 14.3 Å². The lowest BCUT2D eigenvalue weighted by molar-refractivity contribution is -0.142. The van der Waals surface area contributed by atoms with Crippen molar-refractivity contribution in [2.45, 2.75) is 26.6 Å². The molecule has 158 valence electrons. The van der Waals surface area contributed by atoms with Crippen molar-refractivity contribution < 1.29 is 33.3 Å². The molecule has 0 saturated carbocycles. The number of carbonyl (C=O) groups excluding carboxylic acids is 2. The van der Waals surface area contributed by atoms with Gasteiger partial charge in [0, 0.05) is 5.57 Å². The van der Waals surface area contributed by atoms with Gasteiger partial charge in [0.15, 0.2) is 11.6 Å². The molecule has 2 rings (SSSR count). The highest BCUT2D eigenvalue weighted by Crippen LogP contribution is 2.27. The van der Waals surface area contributed by atoms with Gasteiger partial charge in [0.25, 0.3) is 0 Å². The second-order valence-electron chi connectivity index (χ2n) is 6.63. The van der Waals surface area contributed by atoms with Crippen molar-refractivity contribution in [2.24, 2.45) is 0 Å². The van der Waals surface area contributed by atoms with Gasteiger partial charge in [-0.05, 0) is 54.8 Å². The summed E-state index contributed by atoms with van der Waals surface area (Å²) in [6.45, 7) is 9.99. The lowest BCUT2D eigenvalue weighted by Gasteiger charge is -2.13. The normalized spacial score (nSPS) is 11.3. The van der Waals surface area contributed by atoms with Crippen molar-refractivity contribution in [1.82, 2.24) is 0 Å². The van der Waals surface area contributed by atoms with Gasteiger partial charge in [0.1, 0.15) is 12.4 Å². The molecular formula is C23H23FO6. The molecule has 7 heteroatoms. The summed E-state index contributed by atoms with van der Waals surface area (Å²) in [5.74, 6) is -1.83. The third-order valence-corrected chi connectivity index (χ3v) is 3.90. The fourth-order valence-electron chi connectivity index (χ4n) is 2.24. The largest absolute Gasteiger partial charge is 0.462 e. The van der Waals surface area contributed by atoms with E-state index >= 15 is 0 Å². The van der Waals surface area contributed by atoms with Gasteiger partial charge >= 0.3 is 11.9 Å². The van der Waals surface area contributed by atoms with E-state index in [0.29, 0.717) is 22.4 Å². The zero-order valence-corrected chi connectivity index (χ0v) is 16.8. The molecule has 30 heavy (non-hydrogen) atoms. The van der Waals surface area contributed by atoms with Crippen LogP contribution in [0.2, 0.25) is 0 Å². The molecule has 0 heterocycles. The maximum atomic E-state index is 14.4. The number of aliphatic hydroxyl groups excluding tert-OH is 1. The summed E-state index contributed by atoms with van der Waals surface area (Å²) in [4.78, 5) is 23.1. The Hall–Kier alpha value is -3.45. The Balaban J connectivity index is 1.97. The third-order valence-electron chi connectivity index (χ3n) is 3.90. The van der Waals surface area contributed by atoms with Gasteiger partial charge < -0.3 is 19.3 Å². The molecular weight excluding hydrogens is 391 g/mol. The second-order valence-corrected chi connectivity index (χ2v) is 6.63. The first-order chi connectivity index (χ1) is 14.2. The lowest BCUT2D eigenvalue weighted by atomic mass is 10.1. The Morgan fingerprint density at radius 2 is 1.70 bits per heavy atom. The maximum Gasteiger partial charge on any atom is 0.333 e. The van der Waals surface area contributed by atoms with E-state index in [9.17, 15) is 19.1 Å². The van der Waals surface area contributed by atoms with Crippen LogP contribution in [0, 0.1) is 5.82 Å². The summed E-state index contributed by atoms with van der Waals surface area (Å²) < 4.78 is 29.4. The summed E-state index contributed by atoms with van der Waals surface area (Å²) in [6.07, 6.45) is -1.32. The van der Waals surface area contributed by atoms with Gasteiger partial charge in [-0.15, -0.1) is 0 Å². The summed E-state index contributed by atoms with van der Waals surface area (Å²) in [5, 5.41) is 9.67. The van der Waals surface area contributed by atoms with Gasteiger partial charge in [0.05, 0.1) is 6.42 Å². The van der Waals surface area contributed by atoms with Gasteiger partial charge in [-0.1, -0.05) is 31.4 Å². The average Bonchev–Trinajstić information content (AvgIpc) is 2.69. The molecule has 1 N–H and O–H groups in total. The number of halogens is 1. The quantitative estimate of drug-likeness (QED) is 0.218. The zero-order valence-electron chi connectivity index (χ0n) is 16.8. The van der Waals surface area contributed by atoms with Crippen molar-refractivity contribution in [3.8, 4) is 22.6 Å². The number of esters is 2. The first-order valence-corrected chi connectivity index (χ1v) is 9.11. The summed E-state index contributed by atoms with van der Waals surface area (Å²) >= 11 is 0. The SMILES string of the molecule is C=C(C)C(=O)OCCC(=O)Oc1ccc(-c2ccc(OC(O)C(=C)C)cc2)cc1F. The lowest BCUT2D eigenvalue weighted by Crippen LogP contribution is -2.15. The van der Waals surface area contributed by atoms with Gasteiger partial charge in [0.2, 0.25) is 6.29 Å². The van der Waals surface area contributed by atoms with Crippen LogP contribution in [0.3, 0.4) is 0 Å². The first kappa shape index (κ1) is 22.8. The summed E-state index contributed by atoms with van der Waals surface area (Å²) in [6, 6.07) is 10.9. The number of benzene rings is 2. The van der Waals surface area contributed by atoms with Crippen LogP contribution in [-0.4, -0.2) is 29.9 Å². The van der Waals surface area contributed by atoms with Crippen LogP contribution in [0.5, 0.6) is 11.5 Å². The third kappa shape index (κ3) is 6.56. The molecule has 2 aromatic carbocycles. The van der Waals surface area contributed by atoms with Crippen LogP contribution in [0.15, 0.2) is 66.8 Å². The number of aliphatic hydroxyl groups is 1. The minimum atomic E-state index is -1.11. The number of rotatable bonds is 9. The number of hydrogen-bond donors (Lipinski definition) is 1. The van der Waals surface area contributed by atoms with E-state index in [1.165, 1.54) is 19.1 Å². The van der Waals surface area contributed by atoms with E-state index in [-0.39, 0.29) is 24.4 Å². The molecule has 1 atom stereocenters. The number of carbonyl (C=O) groups is 2. The van der Waals surface area contributed by atoms with E-state index in [0.717, 1.165) is 0 Å². The highest BCUT2D eigenvalue weighted by Gasteiger charge is 2.13. The second kappa shape index (κ2) is 10.4. The Morgan fingerprint density at radius 3 is 2.27 bits per heavy atom. The van der Waals surface area contributed by atoms with Crippen molar-refractivity contribution >= 4 is 11.9 Å². The summed E-state index contributed by atoms with van der Waals surface area (Å²) in [7, 11) is 0. The molecule has 0 spiro atoms. The van der Waals surface area contributed by atoms with Crippen molar-refractivity contribution in [3.05, 3.63) is 72.6 Å². The van der Waals surface area contributed by atoms with E-state index < -0.39 is 24.0 Å². The fraction of sp³-hybridized carbons (Fsp3) is 0.217. The molecule has 0 aromatic heterocycles. The van der Waals surface area contributed by atoms with Gasteiger partial charge in [-0.2, -0.15) is 0 Å². The highest BCUT2D eigenvalue weighted by molar-refractivity contribution is 5.87. The molecule has 6 nitrogen and oxygen atoms in total. The molecule has 0 aliphatic rings. The Morgan fingerprint density at radius 1 is 1.07 bits per heavy atom. The van der Waals surface area contributed by atoms with Gasteiger partial charge in [-0.3, -0.25) is 4.79 Å². The number of hydrogen-bond acceptors (Lipinski definition) is 6. The Kier molecular flexibility index (Phi) is 7.89. The van der Waals surface area contributed by atoms with E-state index in [4.69, 9.17) is 14.2 Å². The minimum absolute atomic E-state index is 0.182. The van der Waals surface area contributed by atoms with E-state index in [2.05, 4.69) is 13.2 Å². The molecule has 0 amide bonds. The topological polar surface area (TPSA) is 82.1 Å². The molecule has 0 aliphatic heterocycles. The number of ether oxygens (including phenoxy) is 3. The van der Waals surface area contributed by atoms with Crippen molar-refractivity contribution in [2.75, 3.05) is 6.61 Å². The monoisotopic (exact) mass is 414 g/mol. The van der Waals surface area contributed by atoms with Crippen LogP contribution < -0.4 is 9.47 Å². The fourth-order valence-corrected chi connectivity index (χ4v) is 2.24. The molecule has 0 bridgehead atoms. The van der Waals surface area contributed by atoms with E-state index in [1.54, 1.807) is 37.3 Å². The first-order valence-electron chi connectivity index (χ1n) is 9.11. The molecule has 2 aromatic rings. The molecule has 0 aliphatic carbocycles. The molecule has 0 saturated heterocycles. The smallest absolute Gasteiger partial charge is 0.333 e. The average molecular weight is 414 g/mol. The van der Waals surface area contributed by atoms with Crippen molar-refractivity contribution in [3.63, 3.8) is 0 Å². The van der Waals surface area contributed by atoms with Crippen molar-refractivity contribution in [1.29, 1.82) is 0 Å². The molecule has 0 fully saturated rings. The zero-order chi connectivity index (χ0) is 22.3. The van der Waals surface area contributed by atoms with Crippen LogP contribution in [0.1, 0.15) is 20.3 Å². The predicted octanol–water partition coefficient (Wildman–Crippen LogP) is 4.18. The van der Waals surface area contributed by atoms with Crippen LogP contribution in [0.4, 0.5) is 4.39 Å². The predicted molar refractivity (Wildman–Crippen MR) is 109 cm³/mol. The Labute approximate surface area is 174 Å². The maximum absolute atomic E-state index is 14.4. The Bertz CT molecular complexity index is 949.